The monoisotopic (exact) mass is 172 g/mol. The molecule has 2 fully saturated rings. The first-order valence-corrected chi connectivity index (χ1v) is 5.11. The molecule has 0 aliphatic carbocycles. The molecule has 0 aromatic carbocycles. The zero-order chi connectivity index (χ0) is 8.82. The fourth-order valence-electron chi connectivity index (χ4n) is 3.49. The summed E-state index contributed by atoms with van der Waals surface area (Å²) in [5, 5.41) is 0. The molecule has 2 aliphatic rings. The van der Waals surface area contributed by atoms with Crippen LogP contribution in [0.25, 0.3) is 0 Å². The fraction of sp³-hybridized carbons (Fsp3) is 1.00. The van der Waals surface area contributed by atoms with E-state index in [9.17, 15) is 4.39 Å². The minimum absolute atomic E-state index is 0.319. The van der Waals surface area contributed by atoms with Crippen LogP contribution in [0, 0.1) is 0 Å². The topological polar surface area (TPSA) is 0 Å². The van der Waals surface area contributed by atoms with Gasteiger partial charge in [-0.1, -0.05) is 6.92 Å². The van der Waals surface area contributed by atoms with Crippen molar-refractivity contribution in [2.75, 3.05) is 20.1 Å². The van der Waals surface area contributed by atoms with Crippen molar-refractivity contribution >= 4 is 0 Å². The van der Waals surface area contributed by atoms with Gasteiger partial charge in [-0.25, -0.2) is 4.39 Å². The molecule has 1 nitrogen and oxygen atoms in total. The minimum atomic E-state index is -0.532. The van der Waals surface area contributed by atoms with Crippen molar-refractivity contribution in [3.8, 4) is 0 Å². The predicted molar refractivity (Wildman–Crippen MR) is 47.7 cm³/mol. The summed E-state index contributed by atoms with van der Waals surface area (Å²) in [6, 6.07) is 0. The van der Waals surface area contributed by atoms with Crippen LogP contribution in [0.4, 0.5) is 4.39 Å². The van der Waals surface area contributed by atoms with Crippen LogP contribution in [-0.4, -0.2) is 36.3 Å². The van der Waals surface area contributed by atoms with Crippen LogP contribution in [0.5, 0.6) is 0 Å². The number of alkyl halides is 1. The Bertz CT molecular complexity index is 194. The van der Waals surface area contributed by atoms with Gasteiger partial charge < -0.3 is 4.48 Å². The summed E-state index contributed by atoms with van der Waals surface area (Å²) < 4.78 is 14.3. The standard InChI is InChI=1S/C10H19FN/c1-3-10-5-4-6-12(10,2)8-9(11)7-10/h9H,3-8H2,1-2H3/q+1. The van der Waals surface area contributed by atoms with Gasteiger partial charge in [-0.15, -0.1) is 0 Å². The SMILES string of the molecule is CCC12CCC[N+]1(C)CC(F)C2. The van der Waals surface area contributed by atoms with E-state index >= 15 is 0 Å². The van der Waals surface area contributed by atoms with Crippen molar-refractivity contribution in [1.82, 2.24) is 0 Å². The van der Waals surface area contributed by atoms with Gasteiger partial charge in [-0.05, 0) is 6.42 Å². The van der Waals surface area contributed by atoms with Crippen LogP contribution in [0.1, 0.15) is 32.6 Å². The van der Waals surface area contributed by atoms with E-state index in [4.69, 9.17) is 0 Å². The quantitative estimate of drug-likeness (QED) is 0.531. The summed E-state index contributed by atoms with van der Waals surface area (Å²) in [6.45, 7) is 4.20. The lowest BCUT2D eigenvalue weighted by molar-refractivity contribution is -0.934. The maximum absolute atomic E-state index is 13.3. The minimum Gasteiger partial charge on any atom is -0.319 e. The van der Waals surface area contributed by atoms with Crippen LogP contribution in [0.15, 0.2) is 0 Å². The third-order valence-corrected chi connectivity index (χ3v) is 4.30. The Hall–Kier alpha value is -0.110. The van der Waals surface area contributed by atoms with Gasteiger partial charge in [0.15, 0.2) is 6.17 Å². The molecule has 0 saturated carbocycles. The highest BCUT2D eigenvalue weighted by Crippen LogP contribution is 2.47. The van der Waals surface area contributed by atoms with Gasteiger partial charge in [-0.2, -0.15) is 0 Å². The number of nitrogens with zero attached hydrogens (tertiary/aromatic N) is 1. The normalized spacial score (nSPS) is 52.8. The van der Waals surface area contributed by atoms with Crippen LogP contribution in [0.3, 0.4) is 0 Å². The molecule has 12 heavy (non-hydrogen) atoms. The zero-order valence-electron chi connectivity index (χ0n) is 8.15. The van der Waals surface area contributed by atoms with Crippen LogP contribution < -0.4 is 0 Å². The van der Waals surface area contributed by atoms with E-state index in [2.05, 4.69) is 14.0 Å². The van der Waals surface area contributed by atoms with Crippen LogP contribution in [-0.2, 0) is 0 Å². The Morgan fingerprint density at radius 2 is 2.33 bits per heavy atom. The predicted octanol–water partition coefficient (Wildman–Crippen LogP) is 2.12. The zero-order valence-corrected chi connectivity index (χ0v) is 8.15. The molecule has 0 bridgehead atoms. The van der Waals surface area contributed by atoms with Crippen LogP contribution in [0.2, 0.25) is 0 Å². The first-order chi connectivity index (χ1) is 5.62. The summed E-state index contributed by atoms with van der Waals surface area (Å²) in [5.74, 6) is 0. The first-order valence-electron chi connectivity index (χ1n) is 5.11. The number of fused-ring (bicyclic) bond motifs is 1. The van der Waals surface area contributed by atoms with Crippen LogP contribution >= 0.6 is 0 Å². The molecule has 2 saturated heterocycles. The van der Waals surface area contributed by atoms with Gasteiger partial charge >= 0.3 is 0 Å². The van der Waals surface area contributed by atoms with Gasteiger partial charge in [0.2, 0.25) is 0 Å². The molecule has 70 valence electrons. The molecule has 0 spiro atoms. The van der Waals surface area contributed by atoms with E-state index in [-0.39, 0.29) is 0 Å². The number of hydrogen-bond acceptors (Lipinski definition) is 0. The Morgan fingerprint density at radius 3 is 2.92 bits per heavy atom. The van der Waals surface area contributed by atoms with Crippen molar-refractivity contribution in [3.63, 3.8) is 0 Å². The first kappa shape index (κ1) is 8.49. The second kappa shape index (κ2) is 2.44. The molecule has 2 heteroatoms. The Balaban J connectivity index is 2.28. The highest BCUT2D eigenvalue weighted by Gasteiger charge is 2.58. The molecule has 3 atom stereocenters. The average Bonchev–Trinajstić information content (AvgIpc) is 2.38. The molecular weight excluding hydrogens is 153 g/mol. The van der Waals surface area contributed by atoms with Gasteiger partial charge in [-0.3, -0.25) is 0 Å². The van der Waals surface area contributed by atoms with E-state index in [0.717, 1.165) is 23.9 Å². The van der Waals surface area contributed by atoms with E-state index in [1.54, 1.807) is 0 Å². The van der Waals surface area contributed by atoms with Gasteiger partial charge in [0, 0.05) is 19.3 Å². The number of halogens is 1. The maximum Gasteiger partial charge on any atom is 0.155 e. The largest absolute Gasteiger partial charge is 0.319 e. The van der Waals surface area contributed by atoms with Gasteiger partial charge in [0.1, 0.15) is 12.1 Å². The molecule has 0 amide bonds. The second-order valence-electron chi connectivity index (χ2n) is 4.78. The summed E-state index contributed by atoms with van der Waals surface area (Å²) >= 11 is 0. The second-order valence-corrected chi connectivity index (χ2v) is 4.78. The molecular formula is C10H19FN+. The highest BCUT2D eigenvalue weighted by atomic mass is 19.1. The molecule has 2 heterocycles. The smallest absolute Gasteiger partial charge is 0.155 e. The van der Waals surface area contributed by atoms with Gasteiger partial charge in [0.25, 0.3) is 0 Å². The highest BCUT2D eigenvalue weighted by molar-refractivity contribution is 4.92. The summed E-state index contributed by atoms with van der Waals surface area (Å²) in [7, 11) is 2.25. The van der Waals surface area contributed by atoms with E-state index in [1.165, 1.54) is 19.4 Å². The average molecular weight is 172 g/mol. The number of quaternary nitrogens is 1. The van der Waals surface area contributed by atoms with Crippen molar-refractivity contribution < 1.29 is 8.87 Å². The summed E-state index contributed by atoms with van der Waals surface area (Å²) in [6.07, 6.45) is 4.00. The lowest BCUT2D eigenvalue weighted by Gasteiger charge is -2.39. The van der Waals surface area contributed by atoms with Crippen molar-refractivity contribution in [2.24, 2.45) is 0 Å². The van der Waals surface area contributed by atoms with E-state index in [1.807, 2.05) is 0 Å². The Morgan fingerprint density at radius 1 is 1.58 bits per heavy atom. The van der Waals surface area contributed by atoms with Gasteiger partial charge in [0.05, 0.1) is 13.6 Å². The number of rotatable bonds is 1. The Labute approximate surface area is 74.1 Å². The summed E-state index contributed by atoms with van der Waals surface area (Å²) in [5.41, 5.74) is 0.319. The molecule has 3 unspecified atom stereocenters. The summed E-state index contributed by atoms with van der Waals surface area (Å²) in [4.78, 5) is 0. The van der Waals surface area contributed by atoms with Crippen molar-refractivity contribution in [2.45, 2.75) is 44.3 Å². The van der Waals surface area contributed by atoms with Crippen molar-refractivity contribution in [1.29, 1.82) is 0 Å². The third kappa shape index (κ3) is 0.875. The molecule has 0 radical (unpaired) electrons. The maximum atomic E-state index is 13.3. The molecule has 0 aromatic rings. The molecule has 0 N–H and O–H groups in total. The fourth-order valence-corrected chi connectivity index (χ4v) is 3.49. The Kier molecular flexibility index (Phi) is 1.73. The van der Waals surface area contributed by atoms with E-state index in [0.29, 0.717) is 5.54 Å². The third-order valence-electron chi connectivity index (χ3n) is 4.30. The lowest BCUT2D eigenvalue weighted by Crippen LogP contribution is -2.53. The molecule has 2 rings (SSSR count). The molecule has 2 aliphatic heterocycles. The molecule has 0 aromatic heterocycles. The van der Waals surface area contributed by atoms with E-state index < -0.39 is 6.17 Å². The lowest BCUT2D eigenvalue weighted by atomic mass is 9.90. The number of hydrogen-bond donors (Lipinski definition) is 0. The van der Waals surface area contributed by atoms with Crippen molar-refractivity contribution in [3.05, 3.63) is 0 Å².